The highest BCUT2D eigenvalue weighted by Gasteiger charge is 2.13. The molecule has 0 aliphatic carbocycles. The Kier molecular flexibility index (Phi) is 4.90. The van der Waals surface area contributed by atoms with E-state index in [9.17, 15) is 4.79 Å². The van der Waals surface area contributed by atoms with Gasteiger partial charge < -0.3 is 15.5 Å². The molecule has 0 saturated carbocycles. The highest BCUT2D eigenvalue weighted by molar-refractivity contribution is 9.10. The summed E-state index contributed by atoms with van der Waals surface area (Å²) in [4.78, 5) is 16.9. The monoisotopic (exact) mass is 367 g/mol. The van der Waals surface area contributed by atoms with Gasteiger partial charge >= 0.3 is 0 Å². The summed E-state index contributed by atoms with van der Waals surface area (Å²) in [5, 5.41) is 2.05. The van der Waals surface area contributed by atoms with Crippen LogP contribution in [0.5, 0.6) is 0 Å². The molecule has 2 rings (SSSR count). The number of nitrogens with zero attached hydrogens (tertiary/aromatic N) is 2. The third-order valence-electron chi connectivity index (χ3n) is 3.11. The average Bonchev–Trinajstić information content (AvgIpc) is 2.83. The van der Waals surface area contributed by atoms with Gasteiger partial charge in [0.05, 0.1) is 17.9 Å². The minimum absolute atomic E-state index is 0.0245. The van der Waals surface area contributed by atoms with E-state index < -0.39 is 0 Å². The van der Waals surface area contributed by atoms with Crippen molar-refractivity contribution in [1.82, 2.24) is 4.90 Å². The third kappa shape index (κ3) is 3.77. The Morgan fingerprint density at radius 2 is 2.00 bits per heavy atom. The van der Waals surface area contributed by atoms with Gasteiger partial charge in [0.2, 0.25) is 0 Å². The Labute approximate surface area is 137 Å². The first-order chi connectivity index (χ1) is 9.88. The third-order valence-corrected chi connectivity index (χ3v) is 4.79. The van der Waals surface area contributed by atoms with Gasteiger partial charge in [0.1, 0.15) is 0 Å². The molecule has 6 heteroatoms. The number of hydrogen-bond acceptors (Lipinski definition) is 4. The number of amides is 1. The molecule has 0 saturated heterocycles. The number of hydrogen-bond donors (Lipinski definition) is 1. The van der Waals surface area contributed by atoms with E-state index in [1.165, 1.54) is 4.88 Å². The second kappa shape index (κ2) is 6.49. The van der Waals surface area contributed by atoms with Gasteiger partial charge in [-0.05, 0) is 40.2 Å². The Morgan fingerprint density at radius 3 is 2.57 bits per heavy atom. The molecule has 0 spiro atoms. The van der Waals surface area contributed by atoms with Gasteiger partial charge in [0, 0.05) is 41.4 Å². The largest absolute Gasteiger partial charge is 0.397 e. The smallest absolute Gasteiger partial charge is 0.253 e. The average molecular weight is 368 g/mol. The molecule has 4 nitrogen and oxygen atoms in total. The lowest BCUT2D eigenvalue weighted by Gasteiger charge is -2.21. The van der Waals surface area contributed by atoms with Crippen LogP contribution in [-0.4, -0.2) is 32.0 Å². The van der Waals surface area contributed by atoms with Gasteiger partial charge in [0.15, 0.2) is 0 Å². The highest BCUT2D eigenvalue weighted by atomic mass is 79.9. The van der Waals surface area contributed by atoms with E-state index in [1.807, 2.05) is 13.1 Å². The van der Waals surface area contributed by atoms with Gasteiger partial charge in [0.25, 0.3) is 5.91 Å². The number of halogens is 1. The summed E-state index contributed by atoms with van der Waals surface area (Å²) in [6, 6.07) is 7.48. The molecule has 1 aromatic heterocycles. The van der Waals surface area contributed by atoms with E-state index in [-0.39, 0.29) is 5.91 Å². The van der Waals surface area contributed by atoms with Crippen LogP contribution in [0.25, 0.3) is 0 Å². The predicted octanol–water partition coefficient (Wildman–Crippen LogP) is 3.43. The molecular weight excluding hydrogens is 350 g/mol. The quantitative estimate of drug-likeness (QED) is 0.842. The molecule has 0 radical (unpaired) electrons. The summed E-state index contributed by atoms with van der Waals surface area (Å²) >= 11 is 5.15. The van der Waals surface area contributed by atoms with Crippen molar-refractivity contribution in [3.8, 4) is 0 Å². The Balaban J connectivity index is 2.25. The van der Waals surface area contributed by atoms with Crippen LogP contribution < -0.4 is 10.6 Å². The molecule has 2 aromatic rings. The normalized spacial score (nSPS) is 10.5. The molecule has 0 fully saturated rings. The van der Waals surface area contributed by atoms with Crippen molar-refractivity contribution < 1.29 is 4.79 Å². The maximum Gasteiger partial charge on any atom is 0.253 e. The van der Waals surface area contributed by atoms with Crippen molar-refractivity contribution in [2.75, 3.05) is 31.8 Å². The zero-order valence-electron chi connectivity index (χ0n) is 12.3. The second-order valence-corrected chi connectivity index (χ2v) is 6.97. The second-order valence-electron chi connectivity index (χ2n) is 5.06. The SMILES string of the molecule is CN(C)C(=O)c1ccc(N)c(N(C)Cc2cc(Br)cs2)c1. The molecule has 2 N–H and O–H groups in total. The van der Waals surface area contributed by atoms with Gasteiger partial charge in [-0.25, -0.2) is 0 Å². The number of benzene rings is 1. The van der Waals surface area contributed by atoms with Crippen molar-refractivity contribution in [2.45, 2.75) is 6.54 Å². The molecule has 1 aromatic carbocycles. The van der Waals surface area contributed by atoms with E-state index in [2.05, 4.69) is 32.3 Å². The molecule has 0 unspecified atom stereocenters. The molecule has 21 heavy (non-hydrogen) atoms. The van der Waals surface area contributed by atoms with Crippen LogP contribution in [-0.2, 0) is 6.54 Å². The highest BCUT2D eigenvalue weighted by Crippen LogP contribution is 2.28. The zero-order valence-corrected chi connectivity index (χ0v) is 14.7. The fraction of sp³-hybridized carbons (Fsp3) is 0.267. The van der Waals surface area contributed by atoms with Crippen molar-refractivity contribution in [2.24, 2.45) is 0 Å². The number of nitrogens with two attached hydrogens (primary N) is 1. The van der Waals surface area contributed by atoms with Gasteiger partial charge in [-0.3, -0.25) is 4.79 Å². The van der Waals surface area contributed by atoms with Crippen molar-refractivity contribution in [1.29, 1.82) is 0 Å². The van der Waals surface area contributed by atoms with E-state index in [4.69, 9.17) is 5.73 Å². The molecule has 1 heterocycles. The lowest BCUT2D eigenvalue weighted by molar-refractivity contribution is 0.0827. The minimum atomic E-state index is -0.0245. The van der Waals surface area contributed by atoms with Crippen LogP contribution in [0.4, 0.5) is 11.4 Å². The summed E-state index contributed by atoms with van der Waals surface area (Å²) < 4.78 is 1.08. The first-order valence-electron chi connectivity index (χ1n) is 6.43. The van der Waals surface area contributed by atoms with Crippen molar-refractivity contribution in [3.63, 3.8) is 0 Å². The van der Waals surface area contributed by atoms with Gasteiger partial charge in [-0.1, -0.05) is 0 Å². The summed E-state index contributed by atoms with van der Waals surface area (Å²) in [5.41, 5.74) is 8.23. The summed E-state index contributed by atoms with van der Waals surface area (Å²) in [6.07, 6.45) is 0. The predicted molar refractivity (Wildman–Crippen MR) is 93.0 cm³/mol. The Morgan fingerprint density at radius 1 is 1.29 bits per heavy atom. The number of rotatable bonds is 4. The van der Waals surface area contributed by atoms with Crippen LogP contribution in [0.1, 0.15) is 15.2 Å². The fourth-order valence-corrected chi connectivity index (χ4v) is 3.52. The number of thiophene rings is 1. The molecule has 112 valence electrons. The Bertz CT molecular complexity index is 654. The lowest BCUT2D eigenvalue weighted by atomic mass is 10.1. The first kappa shape index (κ1) is 15.9. The van der Waals surface area contributed by atoms with Gasteiger partial charge in [-0.15, -0.1) is 11.3 Å². The maximum absolute atomic E-state index is 12.1. The maximum atomic E-state index is 12.1. The van der Waals surface area contributed by atoms with Crippen LogP contribution in [0.2, 0.25) is 0 Å². The molecular formula is C15H18BrN3OS. The topological polar surface area (TPSA) is 49.6 Å². The zero-order chi connectivity index (χ0) is 15.6. The summed E-state index contributed by atoms with van der Waals surface area (Å²) in [6.45, 7) is 0.750. The summed E-state index contributed by atoms with van der Waals surface area (Å²) in [5.74, 6) is -0.0245. The van der Waals surface area contributed by atoms with Crippen LogP contribution in [0, 0.1) is 0 Å². The van der Waals surface area contributed by atoms with E-state index in [0.29, 0.717) is 11.3 Å². The number of nitrogen functional groups attached to an aromatic ring is 1. The first-order valence-corrected chi connectivity index (χ1v) is 8.11. The van der Waals surface area contributed by atoms with E-state index in [0.717, 1.165) is 16.7 Å². The lowest BCUT2D eigenvalue weighted by Crippen LogP contribution is -2.23. The van der Waals surface area contributed by atoms with Gasteiger partial charge in [-0.2, -0.15) is 0 Å². The molecule has 1 amide bonds. The van der Waals surface area contributed by atoms with E-state index >= 15 is 0 Å². The van der Waals surface area contributed by atoms with Crippen molar-refractivity contribution >= 4 is 44.5 Å². The molecule has 0 atom stereocenters. The van der Waals surface area contributed by atoms with E-state index in [1.54, 1.807) is 42.5 Å². The summed E-state index contributed by atoms with van der Waals surface area (Å²) in [7, 11) is 5.46. The van der Waals surface area contributed by atoms with Crippen LogP contribution in [0.3, 0.4) is 0 Å². The van der Waals surface area contributed by atoms with Crippen molar-refractivity contribution in [3.05, 3.63) is 44.6 Å². The fourth-order valence-electron chi connectivity index (χ4n) is 2.02. The number of carbonyl (C=O) groups excluding carboxylic acids is 1. The molecule has 0 aliphatic rings. The molecule has 0 bridgehead atoms. The number of anilines is 2. The van der Waals surface area contributed by atoms with Crippen LogP contribution >= 0.6 is 27.3 Å². The number of carbonyl (C=O) groups is 1. The minimum Gasteiger partial charge on any atom is -0.397 e. The standard InChI is InChI=1S/C15H18BrN3OS/c1-18(2)15(20)10-4-5-13(17)14(6-10)19(3)8-12-7-11(16)9-21-12/h4-7,9H,8,17H2,1-3H3. The molecule has 0 aliphatic heterocycles. The van der Waals surface area contributed by atoms with Crippen LogP contribution in [0.15, 0.2) is 34.1 Å². The Hall–Kier alpha value is -1.53.